The maximum Gasteiger partial charge on any atom is 0.338 e. The second-order valence-electron chi connectivity index (χ2n) is 4.28. The number of methoxy groups -OCH3 is 1. The average Bonchev–Trinajstić information content (AvgIpc) is 2.27. The van der Waals surface area contributed by atoms with E-state index in [2.05, 4.69) is 0 Å². The Bertz CT molecular complexity index is 399. The molecule has 17 heavy (non-hydrogen) atoms. The largest absolute Gasteiger partial charge is 0.497 e. The molecular weight excluding hydrogens is 220 g/mol. The van der Waals surface area contributed by atoms with Crippen LogP contribution in [0.2, 0.25) is 0 Å². The number of amides is 2. The van der Waals surface area contributed by atoms with Gasteiger partial charge in [0.1, 0.15) is 5.75 Å². The number of benzene rings is 1. The molecule has 3 N–H and O–H groups in total. The summed E-state index contributed by atoms with van der Waals surface area (Å²) in [6.45, 7) is 0. The molecule has 1 saturated carbocycles. The van der Waals surface area contributed by atoms with Gasteiger partial charge in [0.05, 0.1) is 13.2 Å². The van der Waals surface area contributed by atoms with Crippen molar-refractivity contribution in [3.05, 3.63) is 29.8 Å². The number of nitrogens with zero attached hydrogens (tertiary/aromatic N) is 1. The minimum absolute atomic E-state index is 0.153. The van der Waals surface area contributed by atoms with E-state index in [1.807, 2.05) is 24.3 Å². The fraction of sp³-hybridized carbons (Fsp3) is 0.417. The molecule has 0 heterocycles. The standard InChI is InChI=1S/C12H16N2O3/c1-17-11-4-2-8(3-5-11)9-6-10(7-9)14(16)12(13)15/h2-5,9-10,16H,6-7H2,1H3,(H2,13,15)/t9-,10-. The molecule has 0 unspecified atom stereocenters. The van der Waals surface area contributed by atoms with Crippen LogP contribution in [0, 0.1) is 0 Å². The molecule has 1 aliphatic carbocycles. The molecule has 1 aliphatic rings. The molecule has 0 radical (unpaired) electrons. The lowest BCUT2D eigenvalue weighted by Crippen LogP contribution is -2.47. The predicted octanol–water partition coefficient (Wildman–Crippen LogP) is 1.71. The topological polar surface area (TPSA) is 75.8 Å². The molecule has 0 aliphatic heterocycles. The highest BCUT2D eigenvalue weighted by molar-refractivity contribution is 5.71. The highest BCUT2D eigenvalue weighted by atomic mass is 16.5. The maximum absolute atomic E-state index is 10.7. The van der Waals surface area contributed by atoms with Crippen LogP contribution in [0.5, 0.6) is 5.75 Å². The Balaban J connectivity index is 1.92. The van der Waals surface area contributed by atoms with E-state index in [1.54, 1.807) is 7.11 Å². The summed E-state index contributed by atoms with van der Waals surface area (Å²) >= 11 is 0. The average molecular weight is 236 g/mol. The van der Waals surface area contributed by atoms with Crippen molar-refractivity contribution in [2.24, 2.45) is 5.73 Å². The van der Waals surface area contributed by atoms with Crippen LogP contribution < -0.4 is 10.5 Å². The molecule has 5 heteroatoms. The number of primary amides is 1. The zero-order chi connectivity index (χ0) is 12.4. The van der Waals surface area contributed by atoms with Crippen LogP contribution in [0.4, 0.5) is 4.79 Å². The first-order chi connectivity index (χ1) is 8.11. The van der Waals surface area contributed by atoms with Crippen molar-refractivity contribution >= 4 is 6.03 Å². The van der Waals surface area contributed by atoms with E-state index in [0.29, 0.717) is 11.0 Å². The van der Waals surface area contributed by atoms with Gasteiger partial charge in [-0.2, -0.15) is 0 Å². The summed E-state index contributed by atoms with van der Waals surface area (Å²) in [6, 6.07) is 6.89. The quantitative estimate of drug-likeness (QED) is 0.619. The molecule has 2 amide bonds. The summed E-state index contributed by atoms with van der Waals surface area (Å²) in [4.78, 5) is 10.7. The van der Waals surface area contributed by atoms with E-state index in [4.69, 9.17) is 10.5 Å². The molecule has 0 aromatic heterocycles. The predicted molar refractivity (Wildman–Crippen MR) is 62.0 cm³/mol. The summed E-state index contributed by atoms with van der Waals surface area (Å²) in [5.41, 5.74) is 6.18. The second kappa shape index (κ2) is 4.63. The molecule has 1 aromatic carbocycles. The second-order valence-corrected chi connectivity index (χ2v) is 4.28. The smallest absolute Gasteiger partial charge is 0.338 e. The van der Waals surface area contributed by atoms with E-state index in [0.717, 1.165) is 18.6 Å². The third kappa shape index (κ3) is 2.34. The lowest BCUT2D eigenvalue weighted by Gasteiger charge is -2.39. The molecule has 0 bridgehead atoms. The Kier molecular flexibility index (Phi) is 3.19. The maximum atomic E-state index is 10.7. The number of nitrogens with two attached hydrogens (primary N) is 1. The number of hydrogen-bond donors (Lipinski definition) is 2. The van der Waals surface area contributed by atoms with Crippen LogP contribution in [0.3, 0.4) is 0 Å². The zero-order valence-electron chi connectivity index (χ0n) is 9.67. The third-order valence-corrected chi connectivity index (χ3v) is 3.27. The van der Waals surface area contributed by atoms with Crippen LogP contribution in [-0.4, -0.2) is 29.5 Å². The van der Waals surface area contributed by atoms with Crippen LogP contribution in [0.1, 0.15) is 24.3 Å². The van der Waals surface area contributed by atoms with Gasteiger partial charge in [-0.3, -0.25) is 5.21 Å². The number of ether oxygens (including phenoxy) is 1. The fourth-order valence-electron chi connectivity index (χ4n) is 2.12. The summed E-state index contributed by atoms with van der Waals surface area (Å²) in [7, 11) is 1.63. The molecular formula is C12H16N2O3. The number of hydrogen-bond acceptors (Lipinski definition) is 3. The normalized spacial score (nSPS) is 22.7. The van der Waals surface area contributed by atoms with Crippen molar-refractivity contribution in [3.63, 3.8) is 0 Å². The van der Waals surface area contributed by atoms with Gasteiger partial charge in [0.15, 0.2) is 0 Å². The van der Waals surface area contributed by atoms with Crippen molar-refractivity contribution in [1.82, 2.24) is 5.06 Å². The van der Waals surface area contributed by atoms with Crippen LogP contribution in [-0.2, 0) is 0 Å². The van der Waals surface area contributed by atoms with Gasteiger partial charge in [0.2, 0.25) is 0 Å². The van der Waals surface area contributed by atoms with Crippen LogP contribution in [0.25, 0.3) is 0 Å². The fourth-order valence-corrected chi connectivity index (χ4v) is 2.12. The molecule has 0 spiro atoms. The van der Waals surface area contributed by atoms with Crippen molar-refractivity contribution in [2.75, 3.05) is 7.11 Å². The van der Waals surface area contributed by atoms with Crippen molar-refractivity contribution < 1.29 is 14.7 Å². The summed E-state index contributed by atoms with van der Waals surface area (Å²) in [5, 5.41) is 9.96. The molecule has 1 aromatic rings. The van der Waals surface area contributed by atoms with E-state index in [9.17, 15) is 10.0 Å². The van der Waals surface area contributed by atoms with Gasteiger partial charge >= 0.3 is 6.03 Å². The van der Waals surface area contributed by atoms with Crippen molar-refractivity contribution in [1.29, 1.82) is 0 Å². The lowest BCUT2D eigenvalue weighted by molar-refractivity contribution is -0.102. The molecule has 2 rings (SSSR count). The third-order valence-electron chi connectivity index (χ3n) is 3.27. The van der Waals surface area contributed by atoms with Gasteiger partial charge in [-0.05, 0) is 36.5 Å². The van der Waals surface area contributed by atoms with E-state index >= 15 is 0 Å². The Morgan fingerprint density at radius 3 is 2.47 bits per heavy atom. The number of hydroxylamine groups is 2. The number of carbonyl (C=O) groups is 1. The molecule has 92 valence electrons. The number of carbonyl (C=O) groups excluding carboxylic acids is 1. The van der Waals surface area contributed by atoms with Crippen LogP contribution in [0.15, 0.2) is 24.3 Å². The summed E-state index contributed by atoms with van der Waals surface area (Å²) < 4.78 is 5.08. The minimum atomic E-state index is -0.789. The first-order valence-electron chi connectivity index (χ1n) is 5.53. The zero-order valence-corrected chi connectivity index (χ0v) is 9.67. The van der Waals surface area contributed by atoms with E-state index in [-0.39, 0.29) is 6.04 Å². The SMILES string of the molecule is COc1ccc([C@H]2C[C@H](N(O)C(N)=O)C2)cc1. The number of urea groups is 1. The minimum Gasteiger partial charge on any atom is -0.497 e. The Morgan fingerprint density at radius 2 is 2.00 bits per heavy atom. The lowest BCUT2D eigenvalue weighted by atomic mass is 9.76. The highest BCUT2D eigenvalue weighted by Gasteiger charge is 2.35. The van der Waals surface area contributed by atoms with Gasteiger partial charge in [-0.1, -0.05) is 12.1 Å². The Hall–Kier alpha value is -1.75. The summed E-state index contributed by atoms with van der Waals surface area (Å²) in [6.07, 6.45) is 1.48. The van der Waals surface area contributed by atoms with Crippen LogP contribution >= 0.6 is 0 Å². The van der Waals surface area contributed by atoms with E-state index in [1.165, 1.54) is 5.56 Å². The Morgan fingerprint density at radius 1 is 1.41 bits per heavy atom. The molecule has 0 atom stereocenters. The van der Waals surface area contributed by atoms with Gasteiger partial charge in [-0.25, -0.2) is 9.86 Å². The molecule has 0 saturated heterocycles. The van der Waals surface area contributed by atoms with Gasteiger partial charge < -0.3 is 10.5 Å². The monoisotopic (exact) mass is 236 g/mol. The molecule has 5 nitrogen and oxygen atoms in total. The number of rotatable bonds is 3. The Labute approximate surface area is 99.7 Å². The van der Waals surface area contributed by atoms with Gasteiger partial charge in [-0.15, -0.1) is 0 Å². The van der Waals surface area contributed by atoms with Crippen molar-refractivity contribution in [2.45, 2.75) is 24.8 Å². The van der Waals surface area contributed by atoms with Gasteiger partial charge in [0.25, 0.3) is 0 Å². The summed E-state index contributed by atoms with van der Waals surface area (Å²) in [5.74, 6) is 1.20. The first kappa shape index (κ1) is 11.7. The molecule has 1 fully saturated rings. The highest BCUT2D eigenvalue weighted by Crippen LogP contribution is 2.39. The van der Waals surface area contributed by atoms with Gasteiger partial charge in [0, 0.05) is 0 Å². The van der Waals surface area contributed by atoms with Crippen molar-refractivity contribution in [3.8, 4) is 5.75 Å². The van der Waals surface area contributed by atoms with E-state index < -0.39 is 6.03 Å². The first-order valence-corrected chi connectivity index (χ1v) is 5.53.